The molecule has 0 amide bonds. The number of anilines is 2. The van der Waals surface area contributed by atoms with Crippen molar-refractivity contribution >= 4 is 11.4 Å². The highest BCUT2D eigenvalue weighted by Gasteiger charge is 2.05. The second-order valence-corrected chi connectivity index (χ2v) is 5.70. The van der Waals surface area contributed by atoms with E-state index in [0.29, 0.717) is 0 Å². The highest BCUT2D eigenvalue weighted by atomic mass is 15.1. The molecule has 0 bridgehead atoms. The van der Waals surface area contributed by atoms with Crippen molar-refractivity contribution in [2.75, 3.05) is 23.7 Å². The summed E-state index contributed by atoms with van der Waals surface area (Å²) in [5.74, 6) is 0. The van der Waals surface area contributed by atoms with Crippen LogP contribution in [0.2, 0.25) is 0 Å². The van der Waals surface area contributed by atoms with E-state index in [4.69, 9.17) is 5.73 Å². The van der Waals surface area contributed by atoms with Crippen LogP contribution in [0, 0.1) is 0 Å². The third-order valence-corrected chi connectivity index (χ3v) is 3.82. The Hall–Kier alpha value is -1.18. The van der Waals surface area contributed by atoms with Gasteiger partial charge in [0.15, 0.2) is 0 Å². The fourth-order valence-corrected chi connectivity index (χ4v) is 2.51. The van der Waals surface area contributed by atoms with Gasteiger partial charge >= 0.3 is 0 Å². The highest BCUT2D eigenvalue weighted by Crippen LogP contribution is 2.18. The summed E-state index contributed by atoms with van der Waals surface area (Å²) in [7, 11) is 0. The number of benzene rings is 1. The normalized spacial score (nSPS) is 10.7. The molecule has 20 heavy (non-hydrogen) atoms. The van der Waals surface area contributed by atoms with Crippen molar-refractivity contribution in [1.29, 1.82) is 0 Å². The smallest absolute Gasteiger partial charge is 0.0367 e. The van der Waals surface area contributed by atoms with Crippen LogP contribution in [0.3, 0.4) is 0 Å². The molecular weight excluding hydrogens is 244 g/mol. The van der Waals surface area contributed by atoms with Crippen molar-refractivity contribution in [3.05, 3.63) is 24.3 Å². The van der Waals surface area contributed by atoms with Crippen LogP contribution in [0.15, 0.2) is 24.3 Å². The predicted octanol–water partition coefficient (Wildman–Crippen LogP) is 5.24. The molecule has 1 aromatic carbocycles. The lowest BCUT2D eigenvalue weighted by atomic mass is 10.1. The van der Waals surface area contributed by atoms with Crippen molar-refractivity contribution < 1.29 is 0 Å². The Morgan fingerprint density at radius 1 is 0.750 bits per heavy atom. The maximum Gasteiger partial charge on any atom is 0.0367 e. The topological polar surface area (TPSA) is 29.3 Å². The van der Waals surface area contributed by atoms with Gasteiger partial charge in [-0.3, -0.25) is 0 Å². The minimum Gasteiger partial charge on any atom is -0.399 e. The lowest BCUT2D eigenvalue weighted by Gasteiger charge is -2.25. The van der Waals surface area contributed by atoms with Crippen LogP contribution < -0.4 is 10.6 Å². The molecule has 0 aromatic heterocycles. The quantitative estimate of drug-likeness (QED) is 0.442. The average molecular weight is 276 g/mol. The van der Waals surface area contributed by atoms with Gasteiger partial charge in [0.25, 0.3) is 0 Å². The molecule has 0 radical (unpaired) electrons. The van der Waals surface area contributed by atoms with Crippen molar-refractivity contribution in [2.24, 2.45) is 0 Å². The van der Waals surface area contributed by atoms with Crippen molar-refractivity contribution in [3.8, 4) is 0 Å². The molecule has 0 heterocycles. The fraction of sp³-hybridized carbons (Fsp3) is 0.667. The molecule has 0 unspecified atom stereocenters. The molecule has 0 atom stereocenters. The molecule has 2 heteroatoms. The predicted molar refractivity (Wildman–Crippen MR) is 91.4 cm³/mol. The van der Waals surface area contributed by atoms with Gasteiger partial charge in [0.05, 0.1) is 0 Å². The van der Waals surface area contributed by atoms with E-state index in [1.165, 1.54) is 70.1 Å². The van der Waals surface area contributed by atoms with E-state index in [1.807, 2.05) is 12.1 Å². The van der Waals surface area contributed by atoms with Crippen LogP contribution >= 0.6 is 0 Å². The number of unbranched alkanes of at least 4 members (excludes halogenated alkanes) is 6. The van der Waals surface area contributed by atoms with Crippen LogP contribution in [-0.4, -0.2) is 13.1 Å². The zero-order chi connectivity index (χ0) is 14.6. The Kier molecular flexibility index (Phi) is 8.93. The second-order valence-electron chi connectivity index (χ2n) is 5.70. The first-order valence-corrected chi connectivity index (χ1v) is 8.38. The van der Waals surface area contributed by atoms with E-state index < -0.39 is 0 Å². The van der Waals surface area contributed by atoms with E-state index in [2.05, 4.69) is 30.9 Å². The standard InChI is InChI=1S/C18H32N2/c1-3-5-7-9-15-20(16-10-8-6-4-2)18-13-11-17(19)12-14-18/h11-14H,3-10,15-16,19H2,1-2H3. The Labute approximate surface area is 125 Å². The van der Waals surface area contributed by atoms with Gasteiger partial charge in [-0.2, -0.15) is 0 Å². The molecule has 2 N–H and O–H groups in total. The molecule has 0 spiro atoms. The lowest BCUT2D eigenvalue weighted by molar-refractivity contribution is 0.609. The number of hydrogen-bond donors (Lipinski definition) is 1. The summed E-state index contributed by atoms with van der Waals surface area (Å²) in [4.78, 5) is 2.53. The summed E-state index contributed by atoms with van der Waals surface area (Å²) in [6.45, 7) is 6.89. The molecule has 0 aliphatic rings. The Morgan fingerprint density at radius 3 is 1.70 bits per heavy atom. The van der Waals surface area contributed by atoms with Crippen LogP contribution in [0.1, 0.15) is 65.2 Å². The summed E-state index contributed by atoms with van der Waals surface area (Å²) in [5, 5.41) is 0. The number of nitrogens with zero attached hydrogens (tertiary/aromatic N) is 1. The van der Waals surface area contributed by atoms with Crippen LogP contribution in [0.4, 0.5) is 11.4 Å². The van der Waals surface area contributed by atoms with Crippen LogP contribution in [0.25, 0.3) is 0 Å². The Morgan fingerprint density at radius 2 is 1.25 bits per heavy atom. The van der Waals surface area contributed by atoms with Gasteiger partial charge in [-0.05, 0) is 37.1 Å². The Bertz CT molecular complexity index is 320. The number of hydrogen-bond acceptors (Lipinski definition) is 2. The van der Waals surface area contributed by atoms with Gasteiger partial charge < -0.3 is 10.6 Å². The lowest BCUT2D eigenvalue weighted by Crippen LogP contribution is -2.25. The zero-order valence-corrected chi connectivity index (χ0v) is 13.4. The van der Waals surface area contributed by atoms with E-state index in [-0.39, 0.29) is 0 Å². The van der Waals surface area contributed by atoms with Gasteiger partial charge in [-0.25, -0.2) is 0 Å². The second kappa shape index (κ2) is 10.6. The largest absolute Gasteiger partial charge is 0.399 e. The third kappa shape index (κ3) is 6.83. The van der Waals surface area contributed by atoms with Crippen molar-refractivity contribution in [1.82, 2.24) is 0 Å². The summed E-state index contributed by atoms with van der Waals surface area (Å²) in [6.07, 6.45) is 10.6. The van der Waals surface area contributed by atoms with Crippen LogP contribution in [0.5, 0.6) is 0 Å². The fourth-order valence-electron chi connectivity index (χ4n) is 2.51. The summed E-state index contributed by atoms with van der Waals surface area (Å²) in [5.41, 5.74) is 7.97. The monoisotopic (exact) mass is 276 g/mol. The molecule has 0 fully saturated rings. The van der Waals surface area contributed by atoms with E-state index >= 15 is 0 Å². The van der Waals surface area contributed by atoms with E-state index in [1.54, 1.807) is 0 Å². The first-order chi connectivity index (χ1) is 9.77. The molecule has 114 valence electrons. The first-order valence-electron chi connectivity index (χ1n) is 8.38. The summed E-state index contributed by atoms with van der Waals surface area (Å²) < 4.78 is 0. The molecule has 0 saturated heterocycles. The summed E-state index contributed by atoms with van der Waals surface area (Å²) >= 11 is 0. The first kappa shape index (κ1) is 16.9. The van der Waals surface area contributed by atoms with E-state index in [0.717, 1.165) is 5.69 Å². The molecule has 2 nitrogen and oxygen atoms in total. The van der Waals surface area contributed by atoms with Gasteiger partial charge in [0, 0.05) is 24.5 Å². The van der Waals surface area contributed by atoms with Gasteiger partial charge in [0.2, 0.25) is 0 Å². The van der Waals surface area contributed by atoms with Crippen molar-refractivity contribution in [2.45, 2.75) is 65.2 Å². The maximum atomic E-state index is 5.79. The minimum atomic E-state index is 0.852. The van der Waals surface area contributed by atoms with Gasteiger partial charge in [-0.1, -0.05) is 52.4 Å². The number of nitrogens with two attached hydrogens (primary N) is 1. The average Bonchev–Trinajstić information content (AvgIpc) is 2.47. The van der Waals surface area contributed by atoms with Crippen molar-refractivity contribution in [3.63, 3.8) is 0 Å². The molecule has 0 saturated carbocycles. The molecule has 1 aromatic rings. The third-order valence-electron chi connectivity index (χ3n) is 3.82. The van der Waals surface area contributed by atoms with E-state index in [9.17, 15) is 0 Å². The Balaban J connectivity index is 2.47. The van der Waals surface area contributed by atoms with Gasteiger partial charge in [0.1, 0.15) is 0 Å². The zero-order valence-electron chi connectivity index (χ0n) is 13.4. The molecule has 1 rings (SSSR count). The minimum absolute atomic E-state index is 0.852. The highest BCUT2D eigenvalue weighted by molar-refractivity contribution is 5.53. The number of rotatable bonds is 11. The van der Waals surface area contributed by atoms with Crippen LogP contribution in [-0.2, 0) is 0 Å². The molecule has 0 aliphatic carbocycles. The SMILES string of the molecule is CCCCCCN(CCCCCC)c1ccc(N)cc1. The molecular formula is C18H32N2. The molecule has 0 aliphatic heterocycles. The maximum absolute atomic E-state index is 5.79. The van der Waals surface area contributed by atoms with Gasteiger partial charge in [-0.15, -0.1) is 0 Å². The number of nitrogen functional groups attached to an aromatic ring is 1. The summed E-state index contributed by atoms with van der Waals surface area (Å²) in [6, 6.07) is 8.35.